The lowest BCUT2D eigenvalue weighted by molar-refractivity contribution is -0.147. The van der Waals surface area contributed by atoms with E-state index in [2.05, 4.69) is 12.2 Å². The number of nitrogens with one attached hydrogen (secondary N) is 1. The normalized spacial score (nSPS) is 26.8. The van der Waals surface area contributed by atoms with Gasteiger partial charge < -0.3 is 10.1 Å². The third-order valence-corrected chi connectivity index (χ3v) is 4.28. The summed E-state index contributed by atoms with van der Waals surface area (Å²) in [5, 5.41) is 3.96. The maximum Gasteiger partial charge on any atom is 0.331 e. The Morgan fingerprint density at radius 2 is 2.00 bits per heavy atom. The van der Waals surface area contributed by atoms with Crippen molar-refractivity contribution in [2.45, 2.75) is 38.1 Å². The summed E-state index contributed by atoms with van der Waals surface area (Å²) >= 11 is 6.17. The van der Waals surface area contributed by atoms with Gasteiger partial charge in [-0.25, -0.2) is 4.79 Å². The molecule has 0 amide bonds. The summed E-state index contributed by atoms with van der Waals surface area (Å²) < 4.78 is 5.00. The predicted octanol–water partition coefficient (Wildman–Crippen LogP) is 3.87. The second kappa shape index (κ2) is 5.83. The zero-order chi connectivity index (χ0) is 13.9. The van der Waals surface area contributed by atoms with E-state index in [1.807, 2.05) is 24.3 Å². The van der Waals surface area contributed by atoms with Gasteiger partial charge in [0.15, 0.2) is 0 Å². The summed E-state index contributed by atoms with van der Waals surface area (Å²) in [4.78, 5) is 12.2. The molecule has 0 heterocycles. The van der Waals surface area contributed by atoms with Gasteiger partial charge in [0, 0.05) is 0 Å². The van der Waals surface area contributed by atoms with E-state index in [0.29, 0.717) is 10.9 Å². The Morgan fingerprint density at radius 1 is 1.37 bits per heavy atom. The van der Waals surface area contributed by atoms with Crippen LogP contribution in [0, 0.1) is 5.92 Å². The first-order chi connectivity index (χ1) is 9.07. The van der Waals surface area contributed by atoms with Crippen molar-refractivity contribution in [1.82, 2.24) is 0 Å². The van der Waals surface area contributed by atoms with Crippen molar-refractivity contribution in [2.75, 3.05) is 12.4 Å². The molecule has 1 N–H and O–H groups in total. The topological polar surface area (TPSA) is 38.3 Å². The standard InChI is InChI=1S/C15H20ClNO2/c1-11-7-9-15(10-8-11,14(18)19-2)17-13-6-4-3-5-12(13)16/h3-6,11,17H,7-10H2,1-2H3. The molecule has 1 fully saturated rings. The first kappa shape index (κ1) is 14.2. The third kappa shape index (κ3) is 3.03. The van der Waals surface area contributed by atoms with E-state index in [1.54, 1.807) is 0 Å². The van der Waals surface area contributed by atoms with E-state index in [0.717, 1.165) is 31.4 Å². The number of carbonyl (C=O) groups is 1. The number of rotatable bonds is 3. The predicted molar refractivity (Wildman–Crippen MR) is 77.5 cm³/mol. The molecule has 19 heavy (non-hydrogen) atoms. The van der Waals surface area contributed by atoms with E-state index in [-0.39, 0.29) is 5.97 Å². The number of anilines is 1. The van der Waals surface area contributed by atoms with Gasteiger partial charge in [-0.15, -0.1) is 0 Å². The first-order valence-electron chi connectivity index (χ1n) is 6.68. The quantitative estimate of drug-likeness (QED) is 0.855. The van der Waals surface area contributed by atoms with Crippen LogP contribution in [0.25, 0.3) is 0 Å². The van der Waals surface area contributed by atoms with Gasteiger partial charge in [0.05, 0.1) is 17.8 Å². The fraction of sp³-hybridized carbons (Fsp3) is 0.533. The van der Waals surface area contributed by atoms with Gasteiger partial charge in [0.25, 0.3) is 0 Å². The molecular formula is C15H20ClNO2. The van der Waals surface area contributed by atoms with Gasteiger partial charge in [0.1, 0.15) is 5.54 Å². The molecule has 0 radical (unpaired) electrons. The summed E-state index contributed by atoms with van der Waals surface area (Å²) in [5.41, 5.74) is 0.163. The second-order valence-corrected chi connectivity index (χ2v) is 5.77. The van der Waals surface area contributed by atoms with Crippen LogP contribution in [-0.4, -0.2) is 18.6 Å². The molecule has 3 nitrogen and oxygen atoms in total. The van der Waals surface area contributed by atoms with Crippen LogP contribution in [0.4, 0.5) is 5.69 Å². The van der Waals surface area contributed by atoms with E-state index in [4.69, 9.17) is 16.3 Å². The van der Waals surface area contributed by atoms with Crippen molar-refractivity contribution in [3.63, 3.8) is 0 Å². The minimum absolute atomic E-state index is 0.195. The second-order valence-electron chi connectivity index (χ2n) is 5.36. The minimum atomic E-state index is -0.633. The molecular weight excluding hydrogens is 262 g/mol. The summed E-state index contributed by atoms with van der Waals surface area (Å²) in [5.74, 6) is 0.463. The molecule has 1 saturated carbocycles. The van der Waals surface area contributed by atoms with Crippen molar-refractivity contribution in [3.8, 4) is 0 Å². The molecule has 0 spiro atoms. The van der Waals surface area contributed by atoms with Gasteiger partial charge >= 0.3 is 5.97 Å². The van der Waals surface area contributed by atoms with E-state index in [1.165, 1.54) is 7.11 Å². The molecule has 0 bridgehead atoms. The number of hydrogen-bond acceptors (Lipinski definition) is 3. The highest BCUT2D eigenvalue weighted by Crippen LogP contribution is 2.37. The average molecular weight is 282 g/mol. The number of para-hydroxylation sites is 1. The fourth-order valence-electron chi connectivity index (χ4n) is 2.65. The number of methoxy groups -OCH3 is 1. The van der Waals surface area contributed by atoms with Crippen LogP contribution < -0.4 is 5.32 Å². The van der Waals surface area contributed by atoms with Crippen LogP contribution in [0.2, 0.25) is 5.02 Å². The van der Waals surface area contributed by atoms with Gasteiger partial charge in [-0.3, -0.25) is 0 Å². The Morgan fingerprint density at radius 3 is 2.58 bits per heavy atom. The van der Waals surface area contributed by atoms with Crippen molar-refractivity contribution in [1.29, 1.82) is 0 Å². The lowest BCUT2D eigenvalue weighted by Gasteiger charge is -2.38. The molecule has 0 unspecified atom stereocenters. The number of ether oxygens (including phenoxy) is 1. The number of benzene rings is 1. The van der Waals surface area contributed by atoms with Crippen LogP contribution in [0.3, 0.4) is 0 Å². The van der Waals surface area contributed by atoms with Crippen LogP contribution in [0.15, 0.2) is 24.3 Å². The van der Waals surface area contributed by atoms with Crippen molar-refractivity contribution < 1.29 is 9.53 Å². The van der Waals surface area contributed by atoms with Crippen LogP contribution >= 0.6 is 11.6 Å². The Kier molecular flexibility index (Phi) is 4.35. The Balaban J connectivity index is 2.24. The maximum atomic E-state index is 12.2. The van der Waals surface area contributed by atoms with Gasteiger partial charge in [0.2, 0.25) is 0 Å². The van der Waals surface area contributed by atoms with Gasteiger partial charge in [-0.1, -0.05) is 30.7 Å². The summed E-state index contributed by atoms with van der Waals surface area (Å²) in [6, 6.07) is 7.50. The number of hydrogen-bond donors (Lipinski definition) is 1. The molecule has 0 aromatic heterocycles. The first-order valence-corrected chi connectivity index (χ1v) is 7.06. The number of esters is 1. The summed E-state index contributed by atoms with van der Waals surface area (Å²) in [6.07, 6.45) is 3.61. The SMILES string of the molecule is COC(=O)C1(Nc2ccccc2Cl)CCC(C)CC1. The third-order valence-electron chi connectivity index (χ3n) is 3.95. The number of halogens is 1. The summed E-state index contributed by atoms with van der Waals surface area (Å²) in [7, 11) is 1.44. The highest BCUT2D eigenvalue weighted by molar-refractivity contribution is 6.33. The fourth-order valence-corrected chi connectivity index (χ4v) is 2.83. The van der Waals surface area contributed by atoms with Crippen molar-refractivity contribution in [3.05, 3.63) is 29.3 Å². The lowest BCUT2D eigenvalue weighted by atomic mass is 9.77. The van der Waals surface area contributed by atoms with Gasteiger partial charge in [-0.05, 0) is 43.7 Å². The van der Waals surface area contributed by atoms with E-state index in [9.17, 15) is 4.79 Å². The Labute approximate surface area is 119 Å². The van der Waals surface area contributed by atoms with Crippen molar-refractivity contribution in [2.24, 2.45) is 5.92 Å². The van der Waals surface area contributed by atoms with Gasteiger partial charge in [-0.2, -0.15) is 0 Å². The Hall–Kier alpha value is -1.22. The highest BCUT2D eigenvalue weighted by atomic mass is 35.5. The molecule has 2 rings (SSSR count). The van der Waals surface area contributed by atoms with Crippen LogP contribution in [-0.2, 0) is 9.53 Å². The maximum absolute atomic E-state index is 12.2. The monoisotopic (exact) mass is 281 g/mol. The molecule has 0 saturated heterocycles. The largest absolute Gasteiger partial charge is 0.467 e. The van der Waals surface area contributed by atoms with E-state index < -0.39 is 5.54 Å². The highest BCUT2D eigenvalue weighted by Gasteiger charge is 2.42. The summed E-state index contributed by atoms with van der Waals surface area (Å²) in [6.45, 7) is 2.22. The molecule has 0 aliphatic heterocycles. The smallest absolute Gasteiger partial charge is 0.331 e. The molecule has 4 heteroatoms. The molecule has 1 aromatic carbocycles. The lowest BCUT2D eigenvalue weighted by Crippen LogP contribution is -2.49. The average Bonchev–Trinajstić information content (AvgIpc) is 2.43. The number of carbonyl (C=O) groups excluding carboxylic acids is 1. The molecule has 1 aliphatic carbocycles. The molecule has 1 aromatic rings. The zero-order valence-electron chi connectivity index (χ0n) is 11.4. The zero-order valence-corrected chi connectivity index (χ0v) is 12.2. The minimum Gasteiger partial charge on any atom is -0.467 e. The van der Waals surface area contributed by atoms with E-state index >= 15 is 0 Å². The van der Waals surface area contributed by atoms with Crippen LogP contribution in [0.1, 0.15) is 32.6 Å². The molecule has 104 valence electrons. The molecule has 1 aliphatic rings. The molecule has 0 atom stereocenters. The Bertz CT molecular complexity index is 453. The van der Waals surface area contributed by atoms with Crippen molar-refractivity contribution >= 4 is 23.3 Å². The van der Waals surface area contributed by atoms with Crippen LogP contribution in [0.5, 0.6) is 0 Å².